The van der Waals surface area contributed by atoms with Crippen LogP contribution in [0.2, 0.25) is 0 Å². The van der Waals surface area contributed by atoms with Gasteiger partial charge >= 0.3 is 0 Å². The normalized spacial score (nSPS) is 12.3. The number of hydrogen-bond donors (Lipinski definition) is 0. The Hall–Kier alpha value is -6.35. The van der Waals surface area contributed by atoms with Crippen molar-refractivity contribution in [1.29, 1.82) is 5.26 Å². The van der Waals surface area contributed by atoms with Gasteiger partial charge in [-0.05, 0) is 117 Å². The smallest absolute Gasteiger partial charge is 0.0991 e. The first-order valence-electron chi connectivity index (χ1n) is 16.0. The first-order chi connectivity index (χ1) is 23.7. The minimum Gasteiger partial charge on any atom is -0.372 e. The molecule has 5 aromatic carbocycles. The number of benzene rings is 5. The summed E-state index contributed by atoms with van der Waals surface area (Å²) in [6, 6.07) is 44.9. The summed E-state index contributed by atoms with van der Waals surface area (Å²) in [5, 5.41) is 11.8. The molecule has 5 heteroatoms. The average molecular weight is 617 g/mol. The highest BCUT2D eigenvalue weighted by Gasteiger charge is 2.19. The summed E-state index contributed by atoms with van der Waals surface area (Å²) in [5.74, 6) is 0. The van der Waals surface area contributed by atoms with Crippen LogP contribution in [-0.2, 0) is 18.0 Å². The van der Waals surface area contributed by atoms with Crippen LogP contribution < -0.4 is 0 Å². The lowest BCUT2D eigenvalue weighted by molar-refractivity contribution is 0.110. The van der Waals surface area contributed by atoms with Crippen molar-refractivity contribution in [3.63, 3.8) is 0 Å². The number of fused-ring (bicyclic) bond motifs is 6. The number of nitriles is 1. The summed E-state index contributed by atoms with van der Waals surface area (Å²) < 4.78 is 8.56. The van der Waals surface area contributed by atoms with Crippen LogP contribution in [0, 0.1) is 11.3 Å². The molecular formula is C43H28N4O. The predicted octanol–water partition coefficient (Wildman–Crippen LogP) is 10.1. The molecule has 0 saturated heterocycles. The number of pyridine rings is 2. The minimum absolute atomic E-state index is 0.518. The van der Waals surface area contributed by atoms with Gasteiger partial charge in [-0.25, -0.2) is 0 Å². The number of ether oxygens (including phenoxy) is 1. The number of nitrogens with zero attached hydrogens (tertiary/aromatic N) is 4. The monoisotopic (exact) mass is 616 g/mol. The van der Waals surface area contributed by atoms with Crippen LogP contribution in [0.3, 0.4) is 0 Å². The molecule has 0 unspecified atom stereocenters. The molecule has 0 saturated carbocycles. The molecule has 0 N–H and O–H groups in total. The van der Waals surface area contributed by atoms with Crippen LogP contribution in [0.15, 0.2) is 146 Å². The van der Waals surface area contributed by atoms with E-state index in [-0.39, 0.29) is 0 Å². The van der Waals surface area contributed by atoms with E-state index in [1.165, 1.54) is 16.7 Å². The first-order valence-corrected chi connectivity index (χ1v) is 16.0. The fraction of sp³-hybridized carbons (Fsp3) is 0.0465. The lowest BCUT2D eigenvalue weighted by atomic mass is 9.90. The Balaban J connectivity index is 1.18. The molecule has 0 spiro atoms. The summed E-state index contributed by atoms with van der Waals surface area (Å²) in [6.07, 6.45) is 7.43. The highest BCUT2D eigenvalue weighted by Crippen LogP contribution is 2.40. The van der Waals surface area contributed by atoms with E-state index in [0.717, 1.165) is 66.4 Å². The minimum atomic E-state index is 0.518. The van der Waals surface area contributed by atoms with Crippen molar-refractivity contribution >= 4 is 21.8 Å². The molecule has 0 bridgehead atoms. The fourth-order valence-corrected chi connectivity index (χ4v) is 7.02. The molecular weight excluding hydrogens is 589 g/mol. The van der Waals surface area contributed by atoms with Gasteiger partial charge in [0.15, 0.2) is 0 Å². The standard InChI is InChI=1S/C43H28N4O/c44-23-28-9-14-43-41(17-28)39-7-1-2-8-42(39)47(43)37-12-13-38-36(21-37)27-48-26-32-11-10-29(22-40(32)38)33-18-34(30-5-3-15-45-24-30)20-35(19-33)31-6-4-16-46-25-31/h1-22,24-25H,26-27H2. The molecule has 1 aliphatic rings. The summed E-state index contributed by atoms with van der Waals surface area (Å²) in [5.41, 5.74) is 15.2. The molecule has 226 valence electrons. The van der Waals surface area contributed by atoms with Crippen molar-refractivity contribution in [2.24, 2.45) is 0 Å². The fourth-order valence-electron chi connectivity index (χ4n) is 7.02. The van der Waals surface area contributed by atoms with Crippen LogP contribution in [0.4, 0.5) is 0 Å². The Morgan fingerprint density at radius 1 is 0.542 bits per heavy atom. The van der Waals surface area contributed by atoms with E-state index in [0.29, 0.717) is 18.8 Å². The van der Waals surface area contributed by atoms with Crippen molar-refractivity contribution < 1.29 is 4.74 Å². The second kappa shape index (κ2) is 11.5. The Labute approximate surface area is 278 Å². The van der Waals surface area contributed by atoms with Gasteiger partial charge in [0.1, 0.15) is 0 Å². The largest absolute Gasteiger partial charge is 0.372 e. The molecule has 4 heterocycles. The highest BCUT2D eigenvalue weighted by molar-refractivity contribution is 6.09. The van der Waals surface area contributed by atoms with E-state index in [1.54, 1.807) is 12.4 Å². The van der Waals surface area contributed by atoms with Gasteiger partial charge in [-0.1, -0.05) is 48.5 Å². The van der Waals surface area contributed by atoms with Gasteiger partial charge in [0, 0.05) is 52.4 Å². The van der Waals surface area contributed by atoms with Crippen molar-refractivity contribution in [2.45, 2.75) is 13.2 Å². The zero-order valence-electron chi connectivity index (χ0n) is 26.0. The third-order valence-corrected chi connectivity index (χ3v) is 9.32. The van der Waals surface area contributed by atoms with Gasteiger partial charge < -0.3 is 9.30 Å². The summed E-state index contributed by atoms with van der Waals surface area (Å²) in [6.45, 7) is 1.06. The number of para-hydroxylation sites is 1. The van der Waals surface area contributed by atoms with Crippen molar-refractivity contribution in [3.05, 3.63) is 163 Å². The molecule has 48 heavy (non-hydrogen) atoms. The SMILES string of the molecule is N#Cc1ccc2c(c1)c1ccccc1n2-c1ccc2c(c1)COCc1ccc(-c3cc(-c4cccnc4)cc(-c4cccnc4)c3)cc1-2. The number of hydrogen-bond acceptors (Lipinski definition) is 4. The van der Waals surface area contributed by atoms with Gasteiger partial charge in [0.05, 0.1) is 35.9 Å². The van der Waals surface area contributed by atoms with Crippen molar-refractivity contribution in [1.82, 2.24) is 14.5 Å². The van der Waals surface area contributed by atoms with E-state index in [4.69, 9.17) is 4.74 Å². The van der Waals surface area contributed by atoms with Gasteiger partial charge in [-0.15, -0.1) is 0 Å². The second-order valence-corrected chi connectivity index (χ2v) is 12.2. The van der Waals surface area contributed by atoms with Crippen LogP contribution in [0.5, 0.6) is 0 Å². The van der Waals surface area contributed by atoms with E-state index < -0.39 is 0 Å². The maximum atomic E-state index is 9.58. The van der Waals surface area contributed by atoms with E-state index in [1.807, 2.05) is 36.7 Å². The molecule has 9 rings (SSSR count). The van der Waals surface area contributed by atoms with E-state index in [9.17, 15) is 5.26 Å². The lowest BCUT2D eigenvalue weighted by Crippen LogP contribution is -1.97. The molecule has 1 aliphatic heterocycles. The Bertz CT molecular complexity index is 2490. The Morgan fingerprint density at radius 3 is 1.98 bits per heavy atom. The van der Waals surface area contributed by atoms with Crippen molar-refractivity contribution in [3.8, 4) is 56.3 Å². The summed E-state index contributed by atoms with van der Waals surface area (Å²) in [7, 11) is 0. The number of rotatable bonds is 4. The third kappa shape index (κ3) is 4.75. The summed E-state index contributed by atoms with van der Waals surface area (Å²) in [4.78, 5) is 8.77. The van der Waals surface area contributed by atoms with Crippen LogP contribution in [0.25, 0.3) is 72.0 Å². The predicted molar refractivity (Wildman–Crippen MR) is 191 cm³/mol. The first kappa shape index (κ1) is 27.9. The highest BCUT2D eigenvalue weighted by atomic mass is 16.5. The lowest BCUT2D eigenvalue weighted by Gasteiger charge is -2.15. The third-order valence-electron chi connectivity index (χ3n) is 9.32. The maximum absolute atomic E-state index is 9.58. The Kier molecular flexibility index (Phi) is 6.67. The molecule has 5 nitrogen and oxygen atoms in total. The van der Waals surface area contributed by atoms with Crippen LogP contribution in [-0.4, -0.2) is 14.5 Å². The maximum Gasteiger partial charge on any atom is 0.0991 e. The molecule has 0 atom stereocenters. The summed E-state index contributed by atoms with van der Waals surface area (Å²) >= 11 is 0. The van der Waals surface area contributed by atoms with Gasteiger partial charge in [0.2, 0.25) is 0 Å². The molecule has 8 aromatic rings. The van der Waals surface area contributed by atoms with Gasteiger partial charge in [-0.2, -0.15) is 5.26 Å². The van der Waals surface area contributed by atoms with E-state index in [2.05, 4.69) is 118 Å². The number of aromatic nitrogens is 3. The topological polar surface area (TPSA) is 63.7 Å². The molecule has 3 aromatic heterocycles. The second-order valence-electron chi connectivity index (χ2n) is 12.2. The van der Waals surface area contributed by atoms with Crippen LogP contribution >= 0.6 is 0 Å². The van der Waals surface area contributed by atoms with Crippen LogP contribution in [0.1, 0.15) is 16.7 Å². The Morgan fingerprint density at radius 2 is 1.25 bits per heavy atom. The molecule has 0 aliphatic carbocycles. The van der Waals surface area contributed by atoms with Gasteiger partial charge in [0.25, 0.3) is 0 Å². The zero-order valence-corrected chi connectivity index (χ0v) is 26.0. The molecule has 0 amide bonds. The molecule has 0 fully saturated rings. The van der Waals surface area contributed by atoms with E-state index >= 15 is 0 Å². The average Bonchev–Trinajstić information content (AvgIpc) is 3.37. The zero-order chi connectivity index (χ0) is 32.0. The molecule has 0 radical (unpaired) electrons. The van der Waals surface area contributed by atoms with Crippen molar-refractivity contribution in [2.75, 3.05) is 0 Å². The quantitative estimate of drug-likeness (QED) is 0.197. The van der Waals surface area contributed by atoms with Gasteiger partial charge in [-0.3, -0.25) is 9.97 Å².